The standard InChI is InChI=1S/C19H19Cl2N3O3S/c1-22-17-4-2-3-5-18(17)24(28(22,26)27)14-8-10-23(11-9-14)19(25)15-12-13(20)6-7-16(15)21/h2-7,12,14H,8-11H2,1H3. The number of fused-ring (bicyclic) bond motifs is 1. The Hall–Kier alpha value is -1.96. The zero-order valence-electron chi connectivity index (χ0n) is 15.2. The molecule has 9 heteroatoms. The lowest BCUT2D eigenvalue weighted by Gasteiger charge is -2.37. The van der Waals surface area contributed by atoms with Gasteiger partial charge < -0.3 is 4.90 Å². The molecule has 4 rings (SSSR count). The minimum atomic E-state index is -3.60. The van der Waals surface area contributed by atoms with Gasteiger partial charge in [0, 0.05) is 25.2 Å². The average Bonchev–Trinajstić information content (AvgIpc) is 2.89. The van der Waals surface area contributed by atoms with Crippen molar-refractivity contribution in [2.45, 2.75) is 18.9 Å². The molecule has 0 atom stereocenters. The van der Waals surface area contributed by atoms with Crippen LogP contribution in [0.3, 0.4) is 0 Å². The summed E-state index contributed by atoms with van der Waals surface area (Å²) in [5.41, 5.74) is 1.73. The second-order valence-corrected chi connectivity index (χ2v) is 9.59. The SMILES string of the molecule is CN1c2ccccc2N(C2CCN(C(=O)c3cc(Cl)ccc3Cl)CC2)S1(=O)=O. The first-order valence-electron chi connectivity index (χ1n) is 8.92. The number of hydrogen-bond donors (Lipinski definition) is 0. The van der Waals surface area contributed by atoms with Gasteiger partial charge >= 0.3 is 10.2 Å². The maximum atomic E-state index is 12.9. The number of likely N-dealkylation sites (tertiary alicyclic amines) is 1. The average molecular weight is 440 g/mol. The third-order valence-electron chi connectivity index (χ3n) is 5.30. The molecule has 6 nitrogen and oxygen atoms in total. The summed E-state index contributed by atoms with van der Waals surface area (Å²) in [5.74, 6) is -0.187. The van der Waals surface area contributed by atoms with Crippen molar-refractivity contribution in [1.82, 2.24) is 4.90 Å². The lowest BCUT2D eigenvalue weighted by atomic mass is 10.0. The van der Waals surface area contributed by atoms with Crippen molar-refractivity contribution in [2.75, 3.05) is 28.7 Å². The molecule has 2 aromatic rings. The Kier molecular flexibility index (Phi) is 4.93. The van der Waals surface area contributed by atoms with Gasteiger partial charge in [-0.2, -0.15) is 8.42 Å². The predicted molar refractivity (Wildman–Crippen MR) is 112 cm³/mol. The Balaban J connectivity index is 1.53. The van der Waals surface area contributed by atoms with Gasteiger partial charge in [0.2, 0.25) is 0 Å². The third kappa shape index (κ3) is 3.11. The zero-order chi connectivity index (χ0) is 20.1. The van der Waals surface area contributed by atoms with Crippen molar-refractivity contribution >= 4 is 50.7 Å². The van der Waals surface area contributed by atoms with Crippen LogP contribution in [0.25, 0.3) is 0 Å². The van der Waals surface area contributed by atoms with E-state index in [0.29, 0.717) is 52.9 Å². The van der Waals surface area contributed by atoms with E-state index in [2.05, 4.69) is 0 Å². The molecule has 2 aliphatic heterocycles. The lowest BCUT2D eigenvalue weighted by molar-refractivity contribution is 0.0716. The van der Waals surface area contributed by atoms with Crippen LogP contribution in [0.1, 0.15) is 23.2 Å². The van der Waals surface area contributed by atoms with Crippen molar-refractivity contribution in [2.24, 2.45) is 0 Å². The molecule has 1 amide bonds. The number of rotatable bonds is 2. The number of carbonyl (C=O) groups excluding carboxylic acids is 1. The van der Waals surface area contributed by atoms with E-state index in [4.69, 9.17) is 23.2 Å². The smallest absolute Gasteiger partial charge is 0.326 e. The molecule has 0 saturated carbocycles. The number of halogens is 2. The molecule has 148 valence electrons. The fraction of sp³-hybridized carbons (Fsp3) is 0.316. The summed E-state index contributed by atoms with van der Waals surface area (Å²) < 4.78 is 28.6. The maximum absolute atomic E-state index is 12.9. The number of para-hydroxylation sites is 2. The lowest BCUT2D eigenvalue weighted by Crippen LogP contribution is -2.49. The third-order valence-corrected chi connectivity index (χ3v) is 7.74. The molecule has 2 heterocycles. The molecule has 0 spiro atoms. The predicted octanol–water partition coefficient (Wildman–Crippen LogP) is 3.80. The Bertz CT molecular complexity index is 1040. The van der Waals surface area contributed by atoms with Gasteiger partial charge in [0.15, 0.2) is 0 Å². The van der Waals surface area contributed by atoms with Gasteiger partial charge in [-0.25, -0.2) is 4.31 Å². The monoisotopic (exact) mass is 439 g/mol. The van der Waals surface area contributed by atoms with Crippen molar-refractivity contribution in [3.63, 3.8) is 0 Å². The van der Waals surface area contributed by atoms with Crippen LogP contribution in [0.15, 0.2) is 42.5 Å². The van der Waals surface area contributed by atoms with Gasteiger partial charge in [-0.1, -0.05) is 35.3 Å². The zero-order valence-corrected chi connectivity index (χ0v) is 17.5. The van der Waals surface area contributed by atoms with Crippen LogP contribution in [0.2, 0.25) is 10.0 Å². The number of amides is 1. The molecule has 1 fully saturated rings. The first-order chi connectivity index (χ1) is 13.3. The largest absolute Gasteiger partial charge is 0.338 e. The van der Waals surface area contributed by atoms with Crippen LogP contribution in [0, 0.1) is 0 Å². The van der Waals surface area contributed by atoms with E-state index in [1.165, 1.54) is 8.61 Å². The number of carbonyl (C=O) groups is 1. The molecule has 2 aromatic carbocycles. The summed E-state index contributed by atoms with van der Waals surface area (Å²) in [6, 6.07) is 11.9. The fourth-order valence-corrected chi connectivity index (χ4v) is 5.85. The summed E-state index contributed by atoms with van der Waals surface area (Å²) >= 11 is 12.1. The van der Waals surface area contributed by atoms with Crippen LogP contribution < -0.4 is 8.61 Å². The molecule has 0 unspecified atom stereocenters. The van der Waals surface area contributed by atoms with E-state index >= 15 is 0 Å². The minimum absolute atomic E-state index is 0.187. The topological polar surface area (TPSA) is 60.9 Å². The molecule has 28 heavy (non-hydrogen) atoms. The number of hydrogen-bond acceptors (Lipinski definition) is 3. The Morgan fingerprint density at radius 2 is 1.68 bits per heavy atom. The van der Waals surface area contributed by atoms with Gasteiger partial charge in [-0.15, -0.1) is 0 Å². The summed E-state index contributed by atoms with van der Waals surface area (Å²) in [7, 11) is -2.04. The van der Waals surface area contributed by atoms with E-state index in [1.807, 2.05) is 18.2 Å². The highest BCUT2D eigenvalue weighted by Crippen LogP contribution is 2.42. The highest BCUT2D eigenvalue weighted by atomic mass is 35.5. The molecule has 2 aliphatic rings. The fourth-order valence-electron chi connectivity index (χ4n) is 3.82. The van der Waals surface area contributed by atoms with Gasteiger partial charge in [-0.3, -0.25) is 9.10 Å². The first-order valence-corrected chi connectivity index (χ1v) is 11.1. The number of piperidine rings is 1. The van der Waals surface area contributed by atoms with Crippen molar-refractivity contribution in [3.8, 4) is 0 Å². The van der Waals surface area contributed by atoms with Crippen molar-refractivity contribution < 1.29 is 13.2 Å². The summed E-state index contributed by atoms with van der Waals surface area (Å²) in [5, 5.41) is 0.805. The first kappa shape index (κ1) is 19.4. The van der Waals surface area contributed by atoms with E-state index < -0.39 is 10.2 Å². The Morgan fingerprint density at radius 1 is 1.04 bits per heavy atom. The molecule has 0 radical (unpaired) electrons. The summed E-state index contributed by atoms with van der Waals surface area (Å²) in [6.07, 6.45) is 1.09. The molecule has 0 N–H and O–H groups in total. The highest BCUT2D eigenvalue weighted by molar-refractivity contribution is 7.94. The van der Waals surface area contributed by atoms with Crippen molar-refractivity contribution in [3.05, 3.63) is 58.1 Å². The molecular formula is C19H19Cl2N3O3S. The van der Waals surface area contributed by atoms with E-state index in [9.17, 15) is 13.2 Å². The van der Waals surface area contributed by atoms with Crippen LogP contribution in [0.5, 0.6) is 0 Å². The van der Waals surface area contributed by atoms with E-state index in [-0.39, 0.29) is 11.9 Å². The van der Waals surface area contributed by atoms with E-state index in [0.717, 1.165) is 0 Å². The highest BCUT2D eigenvalue weighted by Gasteiger charge is 2.43. The molecule has 1 saturated heterocycles. The summed E-state index contributed by atoms with van der Waals surface area (Å²) in [4.78, 5) is 14.5. The van der Waals surface area contributed by atoms with Gasteiger partial charge in [0.05, 0.1) is 28.0 Å². The minimum Gasteiger partial charge on any atom is -0.338 e. The van der Waals surface area contributed by atoms with Gasteiger partial charge in [0.1, 0.15) is 0 Å². The van der Waals surface area contributed by atoms with Crippen molar-refractivity contribution in [1.29, 1.82) is 0 Å². The van der Waals surface area contributed by atoms with Crippen LogP contribution >= 0.6 is 23.2 Å². The Labute approximate surface area is 174 Å². The second kappa shape index (κ2) is 7.13. The molecule has 0 aromatic heterocycles. The Morgan fingerprint density at radius 3 is 2.36 bits per heavy atom. The quantitative estimate of drug-likeness (QED) is 0.714. The van der Waals surface area contributed by atoms with E-state index in [1.54, 1.807) is 36.2 Å². The summed E-state index contributed by atoms with van der Waals surface area (Å²) in [6.45, 7) is 0.897. The number of benzene rings is 2. The van der Waals surface area contributed by atoms with Gasteiger partial charge in [0.25, 0.3) is 5.91 Å². The van der Waals surface area contributed by atoms with Crippen LogP contribution in [0.4, 0.5) is 11.4 Å². The van der Waals surface area contributed by atoms with Gasteiger partial charge in [-0.05, 0) is 43.2 Å². The second-order valence-electron chi connectivity index (χ2n) is 6.91. The number of nitrogens with zero attached hydrogens (tertiary/aromatic N) is 3. The number of anilines is 2. The van der Waals surface area contributed by atoms with Crippen LogP contribution in [-0.2, 0) is 10.2 Å². The maximum Gasteiger partial charge on any atom is 0.326 e. The molecular weight excluding hydrogens is 421 g/mol. The molecule has 0 aliphatic carbocycles. The molecule has 0 bridgehead atoms. The normalized spacial score (nSPS) is 19.0. The van der Waals surface area contributed by atoms with Crippen LogP contribution in [-0.4, -0.2) is 45.4 Å².